The minimum absolute atomic E-state index is 0.0291. The number of pyridine rings is 1. The van der Waals surface area contributed by atoms with Crippen LogP contribution in [0, 0.1) is 10.1 Å². The second-order valence-corrected chi connectivity index (χ2v) is 3.52. The topological polar surface area (TPSA) is 79.5 Å². The normalized spacial score (nSPS) is 20.6. The number of aliphatic hydroxyl groups is 1. The van der Waals surface area contributed by atoms with Gasteiger partial charge in [0.2, 0.25) is 0 Å². The Morgan fingerprint density at radius 1 is 1.67 bits per heavy atom. The largest absolute Gasteiger partial charge is 0.391 e. The maximum Gasteiger partial charge on any atom is 0.274 e. The van der Waals surface area contributed by atoms with Gasteiger partial charge in [-0.2, -0.15) is 0 Å². The summed E-state index contributed by atoms with van der Waals surface area (Å²) in [4.78, 5) is 16.0. The van der Waals surface area contributed by atoms with Crippen LogP contribution in [-0.4, -0.2) is 34.2 Å². The highest BCUT2D eigenvalue weighted by atomic mass is 16.6. The molecule has 1 saturated heterocycles. The maximum atomic E-state index is 10.5. The van der Waals surface area contributed by atoms with E-state index in [1.54, 1.807) is 0 Å². The number of nitrogens with zero attached hydrogens (tertiary/aromatic N) is 3. The van der Waals surface area contributed by atoms with Gasteiger partial charge in [0.1, 0.15) is 5.82 Å². The molecule has 2 rings (SSSR count). The Kier molecular flexibility index (Phi) is 2.51. The number of nitro groups is 1. The van der Waals surface area contributed by atoms with Crippen molar-refractivity contribution in [2.45, 2.75) is 12.5 Å². The number of hydrogen-bond acceptors (Lipinski definition) is 5. The minimum atomic E-state index is -0.447. The van der Waals surface area contributed by atoms with E-state index in [9.17, 15) is 15.2 Å². The first kappa shape index (κ1) is 9.85. The van der Waals surface area contributed by atoms with E-state index in [0.29, 0.717) is 25.3 Å². The van der Waals surface area contributed by atoms with Gasteiger partial charge in [-0.15, -0.1) is 0 Å². The van der Waals surface area contributed by atoms with Crippen LogP contribution < -0.4 is 4.90 Å². The van der Waals surface area contributed by atoms with Gasteiger partial charge in [0.25, 0.3) is 5.69 Å². The van der Waals surface area contributed by atoms with Gasteiger partial charge in [0.15, 0.2) is 0 Å². The van der Waals surface area contributed by atoms with Gasteiger partial charge in [-0.05, 0) is 6.42 Å². The van der Waals surface area contributed by atoms with Gasteiger partial charge in [-0.25, -0.2) is 4.98 Å². The lowest BCUT2D eigenvalue weighted by atomic mass is 10.3. The summed E-state index contributed by atoms with van der Waals surface area (Å²) in [6.07, 6.45) is 1.74. The van der Waals surface area contributed by atoms with Crippen molar-refractivity contribution in [3.63, 3.8) is 0 Å². The van der Waals surface area contributed by atoms with Crippen LogP contribution >= 0.6 is 0 Å². The fourth-order valence-corrected chi connectivity index (χ4v) is 1.64. The van der Waals surface area contributed by atoms with Crippen molar-refractivity contribution in [3.8, 4) is 0 Å². The van der Waals surface area contributed by atoms with Gasteiger partial charge in [0.05, 0.1) is 17.1 Å². The van der Waals surface area contributed by atoms with Crippen LogP contribution in [0.1, 0.15) is 6.42 Å². The molecule has 1 aromatic rings. The van der Waals surface area contributed by atoms with Crippen molar-refractivity contribution in [3.05, 3.63) is 28.4 Å². The van der Waals surface area contributed by atoms with E-state index >= 15 is 0 Å². The molecular formula is C9H11N3O3. The number of aromatic nitrogens is 1. The first-order valence-electron chi connectivity index (χ1n) is 4.70. The van der Waals surface area contributed by atoms with Gasteiger partial charge in [0, 0.05) is 25.4 Å². The van der Waals surface area contributed by atoms with E-state index in [1.165, 1.54) is 18.3 Å². The predicted octanol–water partition coefficient (Wildman–Crippen LogP) is 0.561. The Hall–Kier alpha value is -1.69. The summed E-state index contributed by atoms with van der Waals surface area (Å²) < 4.78 is 0. The molecule has 2 heterocycles. The molecule has 0 saturated carbocycles. The minimum Gasteiger partial charge on any atom is -0.391 e. The summed E-state index contributed by atoms with van der Waals surface area (Å²) in [6.45, 7) is 1.18. The molecular weight excluding hydrogens is 198 g/mol. The Labute approximate surface area is 86.3 Å². The first-order chi connectivity index (χ1) is 7.16. The Morgan fingerprint density at radius 3 is 3.07 bits per heavy atom. The molecule has 6 heteroatoms. The van der Waals surface area contributed by atoms with Crippen molar-refractivity contribution < 1.29 is 10.0 Å². The molecule has 0 spiro atoms. The molecule has 1 N–H and O–H groups in total. The molecule has 0 aromatic carbocycles. The summed E-state index contributed by atoms with van der Waals surface area (Å²) >= 11 is 0. The third kappa shape index (κ3) is 2.04. The fourth-order valence-electron chi connectivity index (χ4n) is 1.64. The Balaban J connectivity index is 2.21. The van der Waals surface area contributed by atoms with E-state index in [1.807, 2.05) is 4.90 Å². The molecule has 1 aromatic heterocycles. The molecule has 1 fully saturated rings. The van der Waals surface area contributed by atoms with E-state index in [0.717, 1.165) is 0 Å². The predicted molar refractivity (Wildman–Crippen MR) is 53.7 cm³/mol. The smallest absolute Gasteiger partial charge is 0.274 e. The van der Waals surface area contributed by atoms with Gasteiger partial charge in [-0.1, -0.05) is 0 Å². The Morgan fingerprint density at radius 2 is 2.47 bits per heavy atom. The standard InChI is InChI=1S/C9H11N3O3/c13-8-2-4-11(6-8)9-5-7(12(14)15)1-3-10-9/h1,3,5,8,13H,2,4,6H2/t8-/m0/s1. The molecule has 0 radical (unpaired) electrons. The van der Waals surface area contributed by atoms with Gasteiger partial charge >= 0.3 is 0 Å². The van der Waals surface area contributed by atoms with E-state index < -0.39 is 4.92 Å². The highest BCUT2D eigenvalue weighted by Crippen LogP contribution is 2.21. The number of anilines is 1. The fraction of sp³-hybridized carbons (Fsp3) is 0.444. The molecule has 0 amide bonds. The lowest BCUT2D eigenvalue weighted by molar-refractivity contribution is -0.384. The SMILES string of the molecule is O=[N+]([O-])c1ccnc(N2CC[C@H](O)C2)c1. The van der Waals surface area contributed by atoms with Crippen molar-refractivity contribution in [1.29, 1.82) is 0 Å². The van der Waals surface area contributed by atoms with E-state index in [-0.39, 0.29) is 11.8 Å². The zero-order chi connectivity index (χ0) is 10.8. The van der Waals surface area contributed by atoms with Crippen molar-refractivity contribution >= 4 is 11.5 Å². The monoisotopic (exact) mass is 209 g/mol. The zero-order valence-corrected chi connectivity index (χ0v) is 8.04. The number of aliphatic hydroxyl groups excluding tert-OH is 1. The summed E-state index contributed by atoms with van der Waals surface area (Å²) in [5.41, 5.74) is 0.0291. The third-order valence-corrected chi connectivity index (χ3v) is 2.43. The first-order valence-corrected chi connectivity index (χ1v) is 4.70. The molecule has 0 bridgehead atoms. The van der Waals surface area contributed by atoms with Crippen molar-refractivity contribution in [1.82, 2.24) is 4.98 Å². The van der Waals surface area contributed by atoms with Crippen LogP contribution in [0.4, 0.5) is 11.5 Å². The molecule has 1 aliphatic rings. The maximum absolute atomic E-state index is 10.5. The van der Waals surface area contributed by atoms with Crippen LogP contribution in [-0.2, 0) is 0 Å². The molecule has 15 heavy (non-hydrogen) atoms. The quantitative estimate of drug-likeness (QED) is 0.568. The molecule has 1 aliphatic heterocycles. The van der Waals surface area contributed by atoms with Gasteiger partial charge < -0.3 is 10.0 Å². The lowest BCUT2D eigenvalue weighted by Gasteiger charge is -2.15. The van der Waals surface area contributed by atoms with Crippen LogP contribution in [0.15, 0.2) is 18.3 Å². The highest BCUT2D eigenvalue weighted by Gasteiger charge is 2.22. The van der Waals surface area contributed by atoms with Crippen LogP contribution in [0.5, 0.6) is 0 Å². The van der Waals surface area contributed by atoms with Crippen molar-refractivity contribution in [2.24, 2.45) is 0 Å². The Bertz CT molecular complexity index is 383. The molecule has 0 unspecified atom stereocenters. The van der Waals surface area contributed by atoms with E-state index in [2.05, 4.69) is 4.98 Å². The number of β-amino-alcohol motifs (C(OH)–C–C–N with tert-alkyl or cyclic N) is 1. The van der Waals surface area contributed by atoms with Gasteiger partial charge in [-0.3, -0.25) is 10.1 Å². The molecule has 80 valence electrons. The van der Waals surface area contributed by atoms with Crippen LogP contribution in [0.2, 0.25) is 0 Å². The summed E-state index contributed by atoms with van der Waals surface area (Å²) in [5.74, 6) is 0.556. The average molecular weight is 209 g/mol. The molecule has 6 nitrogen and oxygen atoms in total. The third-order valence-electron chi connectivity index (χ3n) is 2.43. The summed E-state index contributed by atoms with van der Waals surface area (Å²) in [5, 5.41) is 19.9. The molecule has 0 aliphatic carbocycles. The number of rotatable bonds is 2. The average Bonchev–Trinajstić information content (AvgIpc) is 2.65. The number of hydrogen-bond donors (Lipinski definition) is 1. The highest BCUT2D eigenvalue weighted by molar-refractivity contribution is 5.47. The van der Waals surface area contributed by atoms with Crippen LogP contribution in [0.3, 0.4) is 0 Å². The van der Waals surface area contributed by atoms with E-state index in [4.69, 9.17) is 0 Å². The lowest BCUT2D eigenvalue weighted by Crippen LogP contribution is -2.22. The van der Waals surface area contributed by atoms with Crippen molar-refractivity contribution in [2.75, 3.05) is 18.0 Å². The van der Waals surface area contributed by atoms with Crippen LogP contribution in [0.25, 0.3) is 0 Å². The second-order valence-electron chi connectivity index (χ2n) is 3.52. The summed E-state index contributed by atoms with van der Waals surface area (Å²) in [7, 11) is 0. The zero-order valence-electron chi connectivity index (χ0n) is 8.04. The second kappa shape index (κ2) is 3.82. The molecule has 1 atom stereocenters. The summed E-state index contributed by atoms with van der Waals surface area (Å²) in [6, 6.07) is 2.79.